The number of aliphatic hydroxyl groups excluding tert-OH is 4. The van der Waals surface area contributed by atoms with Crippen LogP contribution in [0.4, 0.5) is 16.3 Å². The highest BCUT2D eigenvalue weighted by molar-refractivity contribution is 7.92. The van der Waals surface area contributed by atoms with Crippen molar-refractivity contribution < 1.29 is 61.5 Å². The normalized spacial score (nSPS) is 19.9. The highest BCUT2D eigenvalue weighted by atomic mass is 32.2. The van der Waals surface area contributed by atoms with Gasteiger partial charge in [-0.3, -0.25) is 9.59 Å². The van der Waals surface area contributed by atoms with E-state index in [0.29, 0.717) is 33.7 Å². The Kier molecular flexibility index (Phi) is 19.2. The van der Waals surface area contributed by atoms with Crippen LogP contribution in [0.3, 0.4) is 0 Å². The molecule has 1 aliphatic carbocycles. The number of alkyl halides is 1. The monoisotopic (exact) mass is 934 g/mol. The van der Waals surface area contributed by atoms with Crippen LogP contribution in [0, 0.1) is 0 Å². The zero-order chi connectivity index (χ0) is 48.3. The van der Waals surface area contributed by atoms with Gasteiger partial charge in [-0.05, 0) is 35.5 Å². The van der Waals surface area contributed by atoms with Crippen LogP contribution in [-0.2, 0) is 29.6 Å². The zero-order valence-electron chi connectivity index (χ0n) is 37.1. The van der Waals surface area contributed by atoms with Gasteiger partial charge in [0.15, 0.2) is 0 Å². The summed E-state index contributed by atoms with van der Waals surface area (Å²) in [5.41, 5.74) is 2.47. The largest absolute Gasteiger partial charge is 0.481 e. The van der Waals surface area contributed by atoms with Gasteiger partial charge in [0, 0.05) is 44.5 Å². The van der Waals surface area contributed by atoms with Crippen molar-refractivity contribution in [3.05, 3.63) is 82.5 Å². The van der Waals surface area contributed by atoms with Crippen molar-refractivity contribution in [2.24, 2.45) is 0 Å². The molecule has 352 valence electrons. The van der Waals surface area contributed by atoms with E-state index in [1.807, 2.05) is 0 Å². The molecule has 2 aromatic heterocycles. The maximum Gasteiger partial charge on any atom is 0.305 e. The number of halogens is 1. The summed E-state index contributed by atoms with van der Waals surface area (Å²) in [5, 5.41) is 59.9. The maximum absolute atomic E-state index is 16.1. The summed E-state index contributed by atoms with van der Waals surface area (Å²) in [5.74, 6) is -3.54. The average Bonchev–Trinajstić information content (AvgIpc) is 3.21. The van der Waals surface area contributed by atoms with E-state index in [4.69, 9.17) is 10.2 Å². The van der Waals surface area contributed by atoms with E-state index in [9.17, 15) is 46.9 Å². The van der Waals surface area contributed by atoms with Crippen molar-refractivity contribution in [1.82, 2.24) is 19.9 Å². The van der Waals surface area contributed by atoms with Gasteiger partial charge < -0.3 is 30.6 Å². The van der Waals surface area contributed by atoms with Crippen molar-refractivity contribution in [3.63, 3.8) is 0 Å². The third kappa shape index (κ3) is 15.8. The first-order valence-electron chi connectivity index (χ1n) is 20.3. The Balaban J connectivity index is 2.29. The number of carboxylic acid groups (broad SMARTS) is 2. The molecule has 6 N–H and O–H groups in total. The summed E-state index contributed by atoms with van der Waals surface area (Å²) in [6.45, 7) is 7.22. The summed E-state index contributed by atoms with van der Waals surface area (Å²) < 4.78 is 68.6. The molecule has 0 saturated carbocycles. The lowest BCUT2D eigenvalue weighted by Gasteiger charge is -2.21. The van der Waals surface area contributed by atoms with Crippen molar-refractivity contribution in [2.45, 2.75) is 109 Å². The summed E-state index contributed by atoms with van der Waals surface area (Å²) in [6.07, 6.45) is 8.17. The third-order valence-electron chi connectivity index (χ3n) is 9.76. The number of allylic oxidation sites excluding steroid dienone is 8. The van der Waals surface area contributed by atoms with E-state index >= 15 is 4.39 Å². The first kappa shape index (κ1) is 53.2. The number of nitrogens with zero attached hydrogens (tertiary/aromatic N) is 6. The molecule has 2 aromatic rings. The smallest absolute Gasteiger partial charge is 0.305 e. The van der Waals surface area contributed by atoms with Crippen LogP contribution in [0.15, 0.2) is 48.6 Å². The van der Waals surface area contributed by atoms with Gasteiger partial charge in [-0.25, -0.2) is 49.8 Å². The van der Waals surface area contributed by atoms with Gasteiger partial charge in [-0.1, -0.05) is 82.4 Å². The molecule has 1 aliphatic rings. The molecule has 5 atom stereocenters. The molecule has 0 saturated heterocycles. The predicted molar refractivity (Wildman–Crippen MR) is 243 cm³/mol. The molecule has 0 aliphatic heterocycles. The lowest BCUT2D eigenvalue weighted by molar-refractivity contribution is -0.140. The van der Waals surface area contributed by atoms with E-state index in [1.165, 1.54) is 50.6 Å². The highest BCUT2D eigenvalue weighted by Gasteiger charge is 2.26. The SMILES string of the molecule is CC(C)c1nc(N(C)S(C)(=O)=O)nc(C2=C/C/C=C\C(c3nc(N(C)S(C)(=O)=O)nc(C(C)C)c3/C=C/[C@@H](O)C[C@@H](O)CC(=O)O)=C/CC(F)/C=C\2)c1/C=C/[C@@H](O)C[C@@H](O)CC(=O)O. The molecular formula is C43H59FN6O12S2. The average molecular weight is 935 g/mol. The topological polar surface area (TPSA) is 282 Å². The Hall–Kier alpha value is -5.19. The van der Waals surface area contributed by atoms with Gasteiger partial charge in [-0.2, -0.15) is 0 Å². The standard InChI is InChI=1S/C43H59FN6O12S2/c1-25(2)38-34(19-17-30(51)21-32(53)23-36(55)56)40(47-42(45-38)49(5)63(7,59)60)27-11-9-10-12-28(14-16-29(44)15-13-27)41-35(20-18-31(52)22-33(54)24-37(57)58)39(26(3)4)46-43(48-41)50(6)64(8,61)62/h9,11-14,16-20,25-26,29-33,51-54H,10,15,21-24H2,1-8H3,(H,55,56)(H,57,58)/b11-9-,16-14-,19-17+,20-18+,27-13+,28-12+/t29?,30-,31-,32-,33-/m1/s1. The molecule has 18 nitrogen and oxygen atoms in total. The molecule has 0 fully saturated rings. The van der Waals surface area contributed by atoms with E-state index in [1.54, 1.807) is 52.0 Å². The van der Waals surface area contributed by atoms with E-state index in [-0.39, 0.29) is 60.8 Å². The fraction of sp³-hybridized carbons (Fsp3) is 0.488. The molecule has 21 heteroatoms. The molecule has 0 radical (unpaired) electrons. The third-order valence-corrected chi connectivity index (χ3v) is 12.1. The van der Waals surface area contributed by atoms with Gasteiger partial charge >= 0.3 is 11.9 Å². The molecular weight excluding hydrogens is 876 g/mol. The predicted octanol–water partition coefficient (Wildman–Crippen LogP) is 4.22. The van der Waals surface area contributed by atoms with Crippen LogP contribution < -0.4 is 8.61 Å². The molecule has 0 spiro atoms. The number of hydrogen-bond acceptors (Lipinski definition) is 14. The zero-order valence-corrected chi connectivity index (χ0v) is 38.7. The van der Waals surface area contributed by atoms with Crippen LogP contribution in [0.1, 0.15) is 112 Å². The van der Waals surface area contributed by atoms with E-state index in [2.05, 4.69) is 19.9 Å². The second-order valence-electron chi connectivity index (χ2n) is 16.0. The van der Waals surface area contributed by atoms with Gasteiger partial charge in [-0.15, -0.1) is 0 Å². The number of aliphatic hydroxyl groups is 4. The fourth-order valence-electron chi connectivity index (χ4n) is 6.28. The Morgan fingerprint density at radius 2 is 1.12 bits per heavy atom. The second-order valence-corrected chi connectivity index (χ2v) is 20.0. The number of carbonyl (C=O) groups is 2. The number of anilines is 2. The van der Waals surface area contributed by atoms with Crippen molar-refractivity contribution in [2.75, 3.05) is 35.2 Å². The highest BCUT2D eigenvalue weighted by Crippen LogP contribution is 2.33. The summed E-state index contributed by atoms with van der Waals surface area (Å²) in [4.78, 5) is 40.6. The van der Waals surface area contributed by atoms with Gasteiger partial charge in [0.2, 0.25) is 31.9 Å². The molecule has 0 amide bonds. The molecule has 64 heavy (non-hydrogen) atoms. The first-order chi connectivity index (χ1) is 29.7. The molecule has 0 bridgehead atoms. The number of carboxylic acids is 2. The van der Waals surface area contributed by atoms with Gasteiger partial charge in [0.1, 0.15) is 6.17 Å². The Labute approximate surface area is 373 Å². The number of rotatable bonds is 20. The number of aliphatic carboxylic acids is 2. The van der Waals surface area contributed by atoms with Crippen LogP contribution in [-0.4, -0.2) is 137 Å². The van der Waals surface area contributed by atoms with Crippen LogP contribution in [0.5, 0.6) is 0 Å². The van der Waals surface area contributed by atoms with Crippen molar-refractivity contribution in [3.8, 4) is 0 Å². The minimum atomic E-state index is -3.86. The number of sulfonamides is 2. The van der Waals surface area contributed by atoms with Gasteiger partial charge in [0.05, 0.1) is 72.5 Å². The van der Waals surface area contributed by atoms with Crippen LogP contribution >= 0.6 is 0 Å². The van der Waals surface area contributed by atoms with Crippen molar-refractivity contribution >= 4 is 67.2 Å². The summed E-state index contributed by atoms with van der Waals surface area (Å²) in [7, 11) is -5.17. The first-order valence-corrected chi connectivity index (χ1v) is 24.0. The Bertz CT molecular complexity index is 2420. The molecule has 0 aromatic carbocycles. The maximum atomic E-state index is 16.1. The second kappa shape index (κ2) is 23.1. The quantitative estimate of drug-likeness (QED) is 0.108. The van der Waals surface area contributed by atoms with Gasteiger partial charge in [0.25, 0.3) is 0 Å². The Morgan fingerprint density at radius 3 is 1.50 bits per heavy atom. The fourth-order valence-corrected chi connectivity index (χ4v) is 7.04. The molecule has 1 unspecified atom stereocenters. The molecule has 3 rings (SSSR count). The lowest BCUT2D eigenvalue weighted by Crippen LogP contribution is -2.28. The van der Waals surface area contributed by atoms with E-state index in [0.717, 1.165) is 21.1 Å². The number of aromatic nitrogens is 4. The van der Waals surface area contributed by atoms with Crippen LogP contribution in [0.25, 0.3) is 23.3 Å². The molecule has 2 heterocycles. The van der Waals surface area contributed by atoms with Crippen molar-refractivity contribution in [1.29, 1.82) is 0 Å². The van der Waals surface area contributed by atoms with E-state index < -0.39 is 75.4 Å². The van der Waals surface area contributed by atoms with Crippen LogP contribution in [0.2, 0.25) is 0 Å². The minimum absolute atomic E-state index is 0.156. The Morgan fingerprint density at radius 1 is 0.719 bits per heavy atom. The minimum Gasteiger partial charge on any atom is -0.481 e. The number of hydrogen-bond donors (Lipinski definition) is 6. The summed E-state index contributed by atoms with van der Waals surface area (Å²) in [6, 6.07) is 0. The summed E-state index contributed by atoms with van der Waals surface area (Å²) >= 11 is 0. The lowest BCUT2D eigenvalue weighted by atomic mass is 9.96.